The van der Waals surface area contributed by atoms with Gasteiger partial charge in [-0.1, -0.05) is 94.8 Å². The summed E-state index contributed by atoms with van der Waals surface area (Å²) in [6.07, 6.45) is -1.45. The topological polar surface area (TPSA) is 391 Å². The van der Waals surface area contributed by atoms with E-state index in [-0.39, 0.29) is 37.5 Å². The minimum atomic E-state index is -4.98. The van der Waals surface area contributed by atoms with E-state index in [1.807, 2.05) is 31.2 Å². The second-order valence-electron chi connectivity index (χ2n) is 19.8. The van der Waals surface area contributed by atoms with Crippen molar-refractivity contribution < 1.29 is 77.0 Å². The summed E-state index contributed by atoms with van der Waals surface area (Å²) in [4.78, 5) is 154. The number of hydrogen-bond acceptors (Lipinski definition) is 13. The number of phosphoric acid groups is 1. The van der Waals surface area contributed by atoms with Gasteiger partial charge in [0.15, 0.2) is 0 Å². The number of amides is 8. The molecule has 78 heavy (non-hydrogen) atoms. The van der Waals surface area contributed by atoms with Gasteiger partial charge in [-0.3, -0.25) is 52.9 Å². The molecule has 0 aromatic heterocycles. The number of nitrogens with one attached hydrogen (secondary N) is 7. The molecule has 3 aromatic carbocycles. The van der Waals surface area contributed by atoms with E-state index in [0.717, 1.165) is 22.3 Å². The van der Waals surface area contributed by atoms with Crippen LogP contribution in [0.2, 0.25) is 0 Å². The number of carboxylic acids is 2. The zero-order valence-corrected chi connectivity index (χ0v) is 44.5. The third kappa shape index (κ3) is 18.2. The molecule has 0 spiro atoms. The van der Waals surface area contributed by atoms with Crippen LogP contribution in [-0.2, 0) is 84.9 Å². The predicted octanol–water partition coefficient (Wildman–Crippen LogP) is -0.174. The van der Waals surface area contributed by atoms with Crippen molar-refractivity contribution in [2.45, 2.75) is 134 Å². The Morgan fingerprint density at radius 3 is 1.92 bits per heavy atom. The summed E-state index contributed by atoms with van der Waals surface area (Å²) >= 11 is 0. The largest absolute Gasteiger partial charge is 0.524 e. The molecule has 5 rings (SSSR count). The maximum Gasteiger partial charge on any atom is 0.524 e. The number of nitrogens with two attached hydrogens (primary N) is 1. The molecule has 0 bridgehead atoms. The molecule has 25 nitrogen and oxygen atoms in total. The lowest BCUT2D eigenvalue weighted by Gasteiger charge is -2.40. The molecule has 2 aliphatic rings. The maximum absolute atomic E-state index is 15.0. The van der Waals surface area contributed by atoms with E-state index in [1.54, 1.807) is 45.0 Å². The zero-order valence-electron chi connectivity index (χ0n) is 43.6. The Bertz CT molecular complexity index is 2750. The number of phosphoric ester groups is 1. The zero-order chi connectivity index (χ0) is 57.4. The Kier molecular flexibility index (Phi) is 22.0. The number of carbonyl (C=O) groups excluding carboxylic acids is 8. The standard InChI is InChI=1S/C52H68N9O16P/c1-5-29(4)45(60-47(67)37-22-31-10-6-8-12-33(31)25-54-37)51(71)61-27-34-13-9-7-11-32(34)23-41(61)50(70)59-39(21-30-14-16-35(17-15-30)77-78(74,75)76)48(68)58-40(24-42(53)62)49(69)57-38(20-28(2)3)46(66)55-26-43(63)56-36(52(72)73)18-19-44(64)65/h6-17,28-29,36-41,45,54H,5,18-27H2,1-4H3,(H2,53,62)(H,55,66)(H,56,63)(H,57,69)(H,58,68)(H,59,70)(H,60,67)(H,64,65)(H,72,73)(H2,74,75,76)/t29-,36-,37-,38-,39-,40-,41+,45-/m0/s1. The first-order chi connectivity index (χ1) is 36.8. The van der Waals surface area contributed by atoms with E-state index >= 15 is 0 Å². The number of rotatable bonds is 27. The first-order valence-electron chi connectivity index (χ1n) is 25.3. The SMILES string of the molecule is CC[C@H](C)[C@H](NC(=O)[C@@H]1Cc2ccccc2CN1)C(=O)N1Cc2ccccc2C[C@@H]1C(=O)N[C@@H](Cc1ccc(OP(=O)(O)O)cc1)C(=O)N[C@@H](CC(N)=O)C(=O)N[C@@H](CC(C)C)C(=O)NCC(=O)N[C@@H](CCC(=O)O)C(=O)O. The van der Waals surface area contributed by atoms with Crippen molar-refractivity contribution in [1.82, 2.24) is 42.1 Å². The summed E-state index contributed by atoms with van der Waals surface area (Å²) < 4.78 is 16.2. The molecule has 0 saturated heterocycles. The molecule has 2 aliphatic heterocycles. The molecule has 2 heterocycles. The smallest absolute Gasteiger partial charge is 0.481 e. The summed E-state index contributed by atoms with van der Waals surface area (Å²) in [5.41, 5.74) is 9.33. The monoisotopic (exact) mass is 1110 g/mol. The Morgan fingerprint density at radius 1 is 0.731 bits per heavy atom. The summed E-state index contributed by atoms with van der Waals surface area (Å²) in [5.74, 6) is -10.7. The van der Waals surface area contributed by atoms with Crippen molar-refractivity contribution in [3.8, 4) is 5.75 Å². The van der Waals surface area contributed by atoms with Gasteiger partial charge in [0.25, 0.3) is 0 Å². The summed E-state index contributed by atoms with van der Waals surface area (Å²) in [7, 11) is -4.98. The Balaban J connectivity index is 1.41. The summed E-state index contributed by atoms with van der Waals surface area (Å²) in [6, 6.07) is 10.5. The normalized spacial score (nSPS) is 17.2. The van der Waals surface area contributed by atoms with Gasteiger partial charge >= 0.3 is 19.8 Å². The number of primary amides is 1. The van der Waals surface area contributed by atoms with Gasteiger partial charge in [-0.15, -0.1) is 0 Å². The molecular formula is C52H68N9O16P. The maximum atomic E-state index is 15.0. The van der Waals surface area contributed by atoms with Gasteiger partial charge in [-0.25, -0.2) is 9.36 Å². The van der Waals surface area contributed by atoms with Crippen molar-refractivity contribution in [3.05, 3.63) is 101 Å². The minimum absolute atomic E-state index is 0.0306. The first-order valence-corrected chi connectivity index (χ1v) is 26.9. The number of nitrogens with zero attached hydrogens (tertiary/aromatic N) is 1. The molecule has 0 fully saturated rings. The Morgan fingerprint density at radius 2 is 1.33 bits per heavy atom. The van der Waals surface area contributed by atoms with Crippen LogP contribution in [0.3, 0.4) is 0 Å². The molecule has 8 atom stereocenters. The lowest BCUT2D eigenvalue weighted by Crippen LogP contribution is -2.63. The van der Waals surface area contributed by atoms with E-state index in [9.17, 15) is 67.4 Å². The molecule has 3 aromatic rings. The van der Waals surface area contributed by atoms with E-state index in [4.69, 9.17) is 10.8 Å². The highest BCUT2D eigenvalue weighted by Crippen LogP contribution is 2.37. The Hall–Kier alpha value is -7.73. The summed E-state index contributed by atoms with van der Waals surface area (Å²) in [5, 5.41) is 36.6. The van der Waals surface area contributed by atoms with Gasteiger partial charge in [0.2, 0.25) is 47.3 Å². The van der Waals surface area contributed by atoms with E-state index in [2.05, 4.69) is 41.7 Å². The average Bonchev–Trinajstić information content (AvgIpc) is 3.43. The highest BCUT2D eigenvalue weighted by molar-refractivity contribution is 7.46. The second kappa shape index (κ2) is 28.1. The van der Waals surface area contributed by atoms with Gasteiger partial charge in [0, 0.05) is 32.4 Å². The molecule has 422 valence electrons. The van der Waals surface area contributed by atoms with Crippen molar-refractivity contribution in [1.29, 1.82) is 0 Å². The fourth-order valence-electron chi connectivity index (χ4n) is 9.00. The lowest BCUT2D eigenvalue weighted by atomic mass is 9.90. The van der Waals surface area contributed by atoms with Crippen molar-refractivity contribution in [2.75, 3.05) is 6.54 Å². The van der Waals surface area contributed by atoms with E-state index < -0.39 is 141 Å². The van der Waals surface area contributed by atoms with Crippen molar-refractivity contribution in [3.63, 3.8) is 0 Å². The van der Waals surface area contributed by atoms with Crippen LogP contribution < -0.4 is 47.5 Å². The van der Waals surface area contributed by atoms with Gasteiger partial charge in [0.05, 0.1) is 19.0 Å². The minimum Gasteiger partial charge on any atom is -0.481 e. The van der Waals surface area contributed by atoms with Crippen molar-refractivity contribution in [2.24, 2.45) is 17.6 Å². The number of carbonyl (C=O) groups is 10. The van der Waals surface area contributed by atoms with Crippen molar-refractivity contribution >= 4 is 67.0 Å². The number of aliphatic carboxylic acids is 2. The fourth-order valence-corrected chi connectivity index (χ4v) is 9.40. The van der Waals surface area contributed by atoms with Gasteiger partial charge in [0.1, 0.15) is 42.0 Å². The van der Waals surface area contributed by atoms with Crippen LogP contribution in [0.15, 0.2) is 72.8 Å². The van der Waals surface area contributed by atoms with Crippen LogP contribution in [0, 0.1) is 11.8 Å². The van der Waals surface area contributed by atoms with Gasteiger partial charge in [-0.05, 0) is 71.0 Å². The number of fused-ring (bicyclic) bond motifs is 2. The first kappa shape index (κ1) is 61.1. The third-order valence-electron chi connectivity index (χ3n) is 13.3. The van der Waals surface area contributed by atoms with E-state index in [0.29, 0.717) is 24.9 Å². The van der Waals surface area contributed by atoms with Crippen LogP contribution in [-0.4, -0.2) is 133 Å². The number of benzene rings is 3. The van der Waals surface area contributed by atoms with Crippen LogP contribution in [0.4, 0.5) is 0 Å². The highest BCUT2D eigenvalue weighted by atomic mass is 31.2. The molecule has 0 radical (unpaired) electrons. The van der Waals surface area contributed by atoms with Crippen LogP contribution in [0.1, 0.15) is 87.6 Å². The highest BCUT2D eigenvalue weighted by Gasteiger charge is 2.42. The predicted molar refractivity (Wildman–Crippen MR) is 278 cm³/mol. The molecule has 0 unspecified atom stereocenters. The number of carboxylic acid groups (broad SMARTS) is 2. The molecule has 0 saturated carbocycles. The summed E-state index contributed by atoms with van der Waals surface area (Å²) in [6.45, 7) is 6.66. The molecule has 26 heteroatoms. The molecular weight excluding hydrogens is 1040 g/mol. The van der Waals surface area contributed by atoms with E-state index in [1.165, 1.54) is 29.2 Å². The number of hydrogen-bond donors (Lipinski definition) is 12. The third-order valence-corrected chi connectivity index (χ3v) is 13.8. The van der Waals surface area contributed by atoms with Gasteiger partial charge < -0.3 is 62.6 Å². The van der Waals surface area contributed by atoms with Crippen LogP contribution >= 0.6 is 7.82 Å². The molecule has 8 amide bonds. The van der Waals surface area contributed by atoms with Gasteiger partial charge in [-0.2, -0.15) is 0 Å². The average molecular weight is 1110 g/mol. The fraction of sp³-hybridized carbons (Fsp3) is 0.462. The molecule has 13 N–H and O–H groups in total. The van der Waals surface area contributed by atoms with Crippen LogP contribution in [0.25, 0.3) is 0 Å². The second-order valence-corrected chi connectivity index (χ2v) is 20.9. The molecule has 0 aliphatic carbocycles. The van der Waals surface area contributed by atoms with Crippen LogP contribution in [0.5, 0.6) is 5.75 Å². The lowest BCUT2D eigenvalue weighted by molar-refractivity contribution is -0.146. The quantitative estimate of drug-likeness (QED) is 0.0441. The Labute approximate surface area is 449 Å².